The van der Waals surface area contributed by atoms with Crippen LogP contribution in [-0.4, -0.2) is 58.6 Å². The third-order valence-electron chi connectivity index (χ3n) is 2.82. The lowest BCUT2D eigenvalue weighted by Gasteiger charge is -2.20. The van der Waals surface area contributed by atoms with Gasteiger partial charge in [0.25, 0.3) is 0 Å². The molecule has 0 fully saturated rings. The number of nitrogens with one attached hydrogen (secondary N) is 2. The van der Waals surface area contributed by atoms with Gasteiger partial charge in [-0.05, 0) is 6.42 Å². The van der Waals surface area contributed by atoms with E-state index in [0.29, 0.717) is 11.5 Å². The van der Waals surface area contributed by atoms with Crippen LogP contribution in [0.3, 0.4) is 0 Å². The number of nitrogens with zero attached hydrogens (tertiary/aromatic N) is 1. The molecule has 0 radical (unpaired) electrons. The van der Waals surface area contributed by atoms with Crippen molar-refractivity contribution in [3.05, 3.63) is 0 Å². The number of aliphatic hydroxyl groups excluding tert-OH is 2. The fourth-order valence-electron chi connectivity index (χ4n) is 1.64. The van der Waals surface area contributed by atoms with Gasteiger partial charge in [-0.1, -0.05) is 26.2 Å². The summed E-state index contributed by atoms with van der Waals surface area (Å²) in [5.74, 6) is -0.900. The van der Waals surface area contributed by atoms with Crippen LogP contribution in [0.25, 0.3) is 0 Å². The molecule has 0 aromatic carbocycles. The summed E-state index contributed by atoms with van der Waals surface area (Å²) in [6, 6.07) is 0. The molecule has 0 aromatic heterocycles. The number of unbranched alkanes of at least 4 members (excludes halogenated alkanes) is 2. The zero-order valence-electron chi connectivity index (χ0n) is 11.8. The Bertz CT molecular complexity index is 278. The Balaban J connectivity index is 4.20. The van der Waals surface area contributed by atoms with E-state index in [1.807, 2.05) is 6.92 Å². The molecule has 0 aliphatic heterocycles. The summed E-state index contributed by atoms with van der Waals surface area (Å²) in [7, 11) is 0. The van der Waals surface area contributed by atoms with Crippen molar-refractivity contribution in [2.75, 3.05) is 19.7 Å². The average molecular weight is 291 g/mol. The minimum absolute atomic E-state index is 0.0143. The van der Waals surface area contributed by atoms with Gasteiger partial charge in [0, 0.05) is 6.54 Å². The summed E-state index contributed by atoms with van der Waals surface area (Å²) in [6.45, 7) is 1.57. The number of carbonyl (C=O) groups is 2. The highest BCUT2D eigenvalue weighted by atomic mass is 16.5. The predicted octanol–water partition coefficient (Wildman–Crippen LogP) is -0.995. The molecule has 0 aromatic rings. The van der Waals surface area contributed by atoms with Crippen molar-refractivity contribution < 1.29 is 25.0 Å². The van der Waals surface area contributed by atoms with Gasteiger partial charge >= 0.3 is 0 Å². The molecule has 0 rings (SSSR count). The lowest BCUT2D eigenvalue weighted by molar-refractivity contribution is -0.154. The molecule has 8 heteroatoms. The SMILES string of the molecule is CCCCC[C@@H](CN(O)C=O)C(=O)NNC[C@H](O)CO. The highest BCUT2D eigenvalue weighted by molar-refractivity contribution is 5.78. The fraction of sp³-hybridized carbons (Fsp3) is 0.833. The molecule has 2 atom stereocenters. The first kappa shape index (κ1) is 18.8. The van der Waals surface area contributed by atoms with E-state index in [-0.39, 0.29) is 25.4 Å². The van der Waals surface area contributed by atoms with Gasteiger partial charge in [-0.3, -0.25) is 20.2 Å². The maximum absolute atomic E-state index is 11.9. The number of hydrogen-bond donors (Lipinski definition) is 5. The Labute approximate surface area is 118 Å². The Kier molecular flexibility index (Phi) is 10.9. The van der Waals surface area contributed by atoms with Crippen LogP contribution in [0.5, 0.6) is 0 Å². The molecule has 0 saturated carbocycles. The maximum atomic E-state index is 11.9. The number of hydroxylamine groups is 2. The molecule has 0 bridgehead atoms. The number of carbonyl (C=O) groups excluding carboxylic acids is 2. The summed E-state index contributed by atoms with van der Waals surface area (Å²) in [5, 5.41) is 27.4. The third-order valence-corrected chi connectivity index (χ3v) is 2.82. The largest absolute Gasteiger partial charge is 0.394 e. The lowest BCUT2D eigenvalue weighted by Crippen LogP contribution is -2.47. The second kappa shape index (κ2) is 11.6. The summed E-state index contributed by atoms with van der Waals surface area (Å²) in [6.07, 6.45) is 2.63. The molecule has 0 spiro atoms. The molecular weight excluding hydrogens is 266 g/mol. The van der Waals surface area contributed by atoms with E-state index in [1.165, 1.54) is 0 Å². The zero-order valence-corrected chi connectivity index (χ0v) is 11.8. The van der Waals surface area contributed by atoms with E-state index in [9.17, 15) is 14.8 Å². The van der Waals surface area contributed by atoms with E-state index in [2.05, 4.69) is 10.9 Å². The van der Waals surface area contributed by atoms with E-state index in [0.717, 1.165) is 19.3 Å². The standard InChI is InChI=1S/C12H25N3O5/c1-2-3-4-5-10(7-15(20)9-17)12(19)14-13-6-11(18)8-16/h9-11,13,16,18,20H,2-8H2,1H3,(H,14,19)/t10-,11-/m0/s1. The van der Waals surface area contributed by atoms with Gasteiger partial charge in [-0.25, -0.2) is 10.5 Å². The van der Waals surface area contributed by atoms with Crippen LogP contribution in [0, 0.1) is 5.92 Å². The first-order valence-electron chi connectivity index (χ1n) is 6.77. The highest BCUT2D eigenvalue weighted by Gasteiger charge is 2.20. The second-order valence-electron chi connectivity index (χ2n) is 4.63. The van der Waals surface area contributed by atoms with E-state index in [1.54, 1.807) is 0 Å². The van der Waals surface area contributed by atoms with E-state index >= 15 is 0 Å². The van der Waals surface area contributed by atoms with Crippen molar-refractivity contribution in [1.29, 1.82) is 0 Å². The predicted molar refractivity (Wildman–Crippen MR) is 71.4 cm³/mol. The summed E-state index contributed by atoms with van der Waals surface area (Å²) >= 11 is 0. The number of aliphatic hydroxyl groups is 2. The number of hydrazine groups is 1. The molecule has 2 amide bonds. The first-order chi connectivity index (χ1) is 9.54. The molecule has 0 aliphatic rings. The van der Waals surface area contributed by atoms with Crippen molar-refractivity contribution in [1.82, 2.24) is 15.9 Å². The molecule has 118 valence electrons. The average Bonchev–Trinajstić information content (AvgIpc) is 2.45. The monoisotopic (exact) mass is 291 g/mol. The van der Waals surface area contributed by atoms with Crippen LogP contribution >= 0.6 is 0 Å². The lowest BCUT2D eigenvalue weighted by atomic mass is 10.0. The molecular formula is C12H25N3O5. The van der Waals surface area contributed by atoms with Crippen molar-refractivity contribution >= 4 is 12.3 Å². The summed E-state index contributed by atoms with van der Waals surface area (Å²) in [4.78, 5) is 22.3. The third kappa shape index (κ3) is 8.81. The van der Waals surface area contributed by atoms with Gasteiger partial charge in [0.15, 0.2) is 0 Å². The summed E-state index contributed by atoms with van der Waals surface area (Å²) in [5.41, 5.74) is 4.89. The van der Waals surface area contributed by atoms with Crippen molar-refractivity contribution in [3.8, 4) is 0 Å². The molecule has 0 heterocycles. The molecule has 20 heavy (non-hydrogen) atoms. The van der Waals surface area contributed by atoms with Crippen LogP contribution in [0.15, 0.2) is 0 Å². The summed E-state index contributed by atoms with van der Waals surface area (Å²) < 4.78 is 0. The number of amides is 2. The van der Waals surface area contributed by atoms with Crippen molar-refractivity contribution in [2.45, 2.75) is 38.7 Å². The molecule has 0 saturated heterocycles. The van der Waals surface area contributed by atoms with Gasteiger partial charge in [0.05, 0.1) is 25.2 Å². The maximum Gasteiger partial charge on any atom is 0.239 e. The van der Waals surface area contributed by atoms with E-state index in [4.69, 9.17) is 10.2 Å². The molecule has 5 N–H and O–H groups in total. The molecule has 0 aliphatic carbocycles. The second-order valence-corrected chi connectivity index (χ2v) is 4.63. The van der Waals surface area contributed by atoms with Crippen LogP contribution in [0.1, 0.15) is 32.6 Å². The minimum Gasteiger partial charge on any atom is -0.394 e. The van der Waals surface area contributed by atoms with Gasteiger partial charge in [-0.2, -0.15) is 0 Å². The topological polar surface area (TPSA) is 122 Å². The van der Waals surface area contributed by atoms with Gasteiger partial charge < -0.3 is 10.2 Å². The number of hydrogen-bond acceptors (Lipinski definition) is 6. The van der Waals surface area contributed by atoms with Crippen LogP contribution < -0.4 is 10.9 Å². The van der Waals surface area contributed by atoms with Crippen LogP contribution in [-0.2, 0) is 9.59 Å². The normalized spacial score (nSPS) is 13.6. The van der Waals surface area contributed by atoms with Crippen LogP contribution in [0.2, 0.25) is 0 Å². The van der Waals surface area contributed by atoms with E-state index < -0.39 is 18.6 Å². The fourth-order valence-corrected chi connectivity index (χ4v) is 1.64. The van der Waals surface area contributed by atoms with Gasteiger partial charge in [0.2, 0.25) is 12.3 Å². The van der Waals surface area contributed by atoms with Crippen LogP contribution in [0.4, 0.5) is 0 Å². The zero-order chi connectivity index (χ0) is 15.4. The highest BCUT2D eigenvalue weighted by Crippen LogP contribution is 2.11. The van der Waals surface area contributed by atoms with Gasteiger partial charge in [0.1, 0.15) is 0 Å². The molecule has 0 unspecified atom stereocenters. The van der Waals surface area contributed by atoms with Crippen molar-refractivity contribution in [3.63, 3.8) is 0 Å². The Morgan fingerprint density at radius 3 is 2.65 bits per heavy atom. The molecule has 8 nitrogen and oxygen atoms in total. The van der Waals surface area contributed by atoms with Gasteiger partial charge in [-0.15, -0.1) is 0 Å². The Morgan fingerprint density at radius 2 is 2.10 bits per heavy atom. The number of rotatable bonds is 12. The smallest absolute Gasteiger partial charge is 0.239 e. The quantitative estimate of drug-likeness (QED) is 0.136. The van der Waals surface area contributed by atoms with Crippen molar-refractivity contribution in [2.24, 2.45) is 5.92 Å². The Hall–Kier alpha value is -1.22. The first-order valence-corrected chi connectivity index (χ1v) is 6.77. The minimum atomic E-state index is -0.960. The Morgan fingerprint density at radius 1 is 1.40 bits per heavy atom.